The van der Waals surface area contributed by atoms with Crippen LogP contribution in [0.25, 0.3) is 0 Å². The summed E-state index contributed by atoms with van der Waals surface area (Å²) in [4.78, 5) is 8.49. The second-order valence-corrected chi connectivity index (χ2v) is 6.00. The number of hydrogen-bond acceptors (Lipinski definition) is 4. The largest absolute Gasteiger partial charge is 0.437 e. The Balaban J connectivity index is 1.73. The lowest BCUT2D eigenvalue weighted by molar-refractivity contribution is 0.457. The lowest BCUT2D eigenvalue weighted by atomic mass is 10.3. The van der Waals surface area contributed by atoms with Crippen molar-refractivity contribution >= 4 is 27.5 Å². The number of nitrogens with one attached hydrogen (secondary N) is 1. The van der Waals surface area contributed by atoms with Gasteiger partial charge in [0.25, 0.3) is 0 Å². The highest BCUT2D eigenvalue weighted by atomic mass is 79.9. The minimum Gasteiger partial charge on any atom is -0.437 e. The highest BCUT2D eigenvalue weighted by Gasteiger charge is 2.20. The first-order valence-electron chi connectivity index (χ1n) is 6.38. The highest BCUT2D eigenvalue weighted by Crippen LogP contribution is 2.25. The second kappa shape index (κ2) is 6.08. The third-order valence-corrected chi connectivity index (χ3v) is 3.71. The zero-order valence-corrected chi connectivity index (χ0v) is 13.0. The maximum absolute atomic E-state index is 6.15. The van der Waals surface area contributed by atoms with E-state index in [4.69, 9.17) is 16.3 Å². The van der Waals surface area contributed by atoms with Gasteiger partial charge in [0.15, 0.2) is 0 Å². The van der Waals surface area contributed by atoms with Gasteiger partial charge in [-0.15, -0.1) is 0 Å². The molecule has 1 fully saturated rings. The zero-order chi connectivity index (χ0) is 13.9. The van der Waals surface area contributed by atoms with Crippen LogP contribution in [0.5, 0.6) is 11.6 Å². The summed E-state index contributed by atoms with van der Waals surface area (Å²) in [5.41, 5.74) is 0.805. The number of ether oxygens (including phenoxy) is 1. The van der Waals surface area contributed by atoms with Crippen molar-refractivity contribution in [2.75, 3.05) is 0 Å². The van der Waals surface area contributed by atoms with E-state index < -0.39 is 0 Å². The SMILES string of the molecule is Clc1ccc(Oc2cncc(Br)c2)nc1CNC1CC1. The van der Waals surface area contributed by atoms with E-state index in [0.717, 1.165) is 10.2 Å². The fourth-order valence-electron chi connectivity index (χ4n) is 1.74. The van der Waals surface area contributed by atoms with E-state index in [1.54, 1.807) is 24.5 Å². The van der Waals surface area contributed by atoms with Crippen LogP contribution in [0.1, 0.15) is 18.5 Å². The van der Waals surface area contributed by atoms with Gasteiger partial charge in [0.05, 0.1) is 16.9 Å². The Morgan fingerprint density at radius 3 is 2.95 bits per heavy atom. The van der Waals surface area contributed by atoms with Gasteiger partial charge in [-0.3, -0.25) is 4.98 Å². The van der Waals surface area contributed by atoms with Crippen LogP contribution >= 0.6 is 27.5 Å². The average molecular weight is 355 g/mol. The topological polar surface area (TPSA) is 47.0 Å². The number of pyridine rings is 2. The molecule has 0 bridgehead atoms. The molecule has 4 nitrogen and oxygen atoms in total. The number of aromatic nitrogens is 2. The standard InChI is InChI=1S/C14H13BrClN3O/c15-9-5-11(7-17-6-9)20-14-4-3-12(16)13(19-14)8-18-10-1-2-10/h3-7,10,18H,1-2,8H2. The second-order valence-electron chi connectivity index (χ2n) is 4.67. The smallest absolute Gasteiger partial charge is 0.219 e. The molecule has 1 aliphatic rings. The van der Waals surface area contributed by atoms with E-state index >= 15 is 0 Å². The van der Waals surface area contributed by atoms with Gasteiger partial charge in [0.2, 0.25) is 5.88 Å². The Kier molecular flexibility index (Phi) is 4.19. The summed E-state index contributed by atoms with van der Waals surface area (Å²) in [7, 11) is 0. The average Bonchev–Trinajstić information content (AvgIpc) is 3.23. The molecule has 0 atom stereocenters. The summed E-state index contributed by atoms with van der Waals surface area (Å²) >= 11 is 9.51. The molecule has 6 heteroatoms. The van der Waals surface area contributed by atoms with Crippen molar-refractivity contribution in [3.8, 4) is 11.6 Å². The van der Waals surface area contributed by atoms with Crippen molar-refractivity contribution in [1.82, 2.24) is 15.3 Å². The van der Waals surface area contributed by atoms with Gasteiger partial charge in [-0.05, 0) is 40.9 Å². The number of nitrogens with zero attached hydrogens (tertiary/aromatic N) is 2. The van der Waals surface area contributed by atoms with E-state index in [-0.39, 0.29) is 0 Å². The molecule has 0 aliphatic heterocycles. The fraction of sp³-hybridized carbons (Fsp3) is 0.286. The number of halogens is 2. The van der Waals surface area contributed by atoms with Crippen molar-refractivity contribution in [3.05, 3.63) is 45.8 Å². The summed E-state index contributed by atoms with van der Waals surface area (Å²) in [6.07, 6.45) is 5.81. The maximum Gasteiger partial charge on any atom is 0.219 e. The molecular formula is C14H13BrClN3O. The first kappa shape index (κ1) is 13.8. The van der Waals surface area contributed by atoms with Crippen LogP contribution in [0.15, 0.2) is 35.1 Å². The molecule has 0 unspecified atom stereocenters. The van der Waals surface area contributed by atoms with Gasteiger partial charge < -0.3 is 10.1 Å². The zero-order valence-electron chi connectivity index (χ0n) is 10.6. The van der Waals surface area contributed by atoms with Crippen LogP contribution in [0, 0.1) is 0 Å². The molecule has 104 valence electrons. The van der Waals surface area contributed by atoms with E-state index in [2.05, 4.69) is 31.2 Å². The third-order valence-electron chi connectivity index (χ3n) is 2.93. The summed E-state index contributed by atoms with van der Waals surface area (Å²) in [6.45, 7) is 0.664. The van der Waals surface area contributed by atoms with E-state index in [0.29, 0.717) is 29.2 Å². The van der Waals surface area contributed by atoms with Crippen molar-refractivity contribution in [1.29, 1.82) is 0 Å². The summed E-state index contributed by atoms with van der Waals surface area (Å²) in [5, 5.41) is 4.04. The molecule has 1 N–H and O–H groups in total. The molecule has 1 aliphatic carbocycles. The lowest BCUT2D eigenvalue weighted by Gasteiger charge is -2.09. The van der Waals surface area contributed by atoms with Gasteiger partial charge in [0.1, 0.15) is 5.75 Å². The van der Waals surface area contributed by atoms with Crippen molar-refractivity contribution in [2.24, 2.45) is 0 Å². The molecule has 0 amide bonds. The quantitative estimate of drug-likeness (QED) is 0.883. The first-order valence-corrected chi connectivity index (χ1v) is 7.55. The van der Waals surface area contributed by atoms with Crippen LogP contribution in [0.3, 0.4) is 0 Å². The van der Waals surface area contributed by atoms with Crippen LogP contribution in [0.2, 0.25) is 5.02 Å². The molecule has 2 heterocycles. The van der Waals surface area contributed by atoms with E-state index in [1.807, 2.05) is 6.07 Å². The molecule has 3 rings (SSSR count). The highest BCUT2D eigenvalue weighted by molar-refractivity contribution is 9.10. The van der Waals surface area contributed by atoms with Crippen LogP contribution in [0.4, 0.5) is 0 Å². The van der Waals surface area contributed by atoms with Crippen LogP contribution in [-0.2, 0) is 6.54 Å². The van der Waals surface area contributed by atoms with Gasteiger partial charge >= 0.3 is 0 Å². The van der Waals surface area contributed by atoms with Crippen LogP contribution in [-0.4, -0.2) is 16.0 Å². The first-order chi connectivity index (χ1) is 9.70. The van der Waals surface area contributed by atoms with E-state index in [9.17, 15) is 0 Å². The molecular weight excluding hydrogens is 342 g/mol. The molecule has 0 radical (unpaired) electrons. The maximum atomic E-state index is 6.15. The van der Waals surface area contributed by atoms with Gasteiger partial charge in [0, 0.05) is 29.3 Å². The van der Waals surface area contributed by atoms with Crippen LogP contribution < -0.4 is 10.1 Å². The predicted octanol–water partition coefficient (Wildman–Crippen LogP) is 3.94. The van der Waals surface area contributed by atoms with Gasteiger partial charge in [-0.25, -0.2) is 4.98 Å². The Labute approximate surface area is 130 Å². The Bertz CT molecular complexity index is 619. The van der Waals surface area contributed by atoms with Gasteiger partial charge in [-0.2, -0.15) is 0 Å². The summed E-state index contributed by atoms with van der Waals surface area (Å²) in [5.74, 6) is 1.15. The third kappa shape index (κ3) is 3.69. The summed E-state index contributed by atoms with van der Waals surface area (Å²) < 4.78 is 6.55. The number of rotatable bonds is 5. The Hall–Kier alpha value is -1.17. The normalized spacial score (nSPS) is 14.3. The van der Waals surface area contributed by atoms with Crippen molar-refractivity contribution < 1.29 is 4.74 Å². The monoisotopic (exact) mass is 353 g/mol. The molecule has 2 aromatic rings. The molecule has 0 spiro atoms. The molecule has 0 saturated heterocycles. The molecule has 20 heavy (non-hydrogen) atoms. The fourth-order valence-corrected chi connectivity index (χ4v) is 2.26. The molecule has 2 aromatic heterocycles. The van der Waals surface area contributed by atoms with Gasteiger partial charge in [-0.1, -0.05) is 11.6 Å². The van der Waals surface area contributed by atoms with E-state index in [1.165, 1.54) is 12.8 Å². The molecule has 0 aromatic carbocycles. The predicted molar refractivity (Wildman–Crippen MR) is 81.1 cm³/mol. The number of hydrogen-bond donors (Lipinski definition) is 1. The minimum absolute atomic E-state index is 0.516. The van der Waals surface area contributed by atoms with Crippen molar-refractivity contribution in [2.45, 2.75) is 25.4 Å². The van der Waals surface area contributed by atoms with Crippen molar-refractivity contribution in [3.63, 3.8) is 0 Å². The summed E-state index contributed by atoms with van der Waals surface area (Å²) in [6, 6.07) is 6.01. The Morgan fingerprint density at radius 1 is 1.35 bits per heavy atom. The Morgan fingerprint density at radius 2 is 2.20 bits per heavy atom. The molecule has 1 saturated carbocycles. The minimum atomic E-state index is 0.516. The lowest BCUT2D eigenvalue weighted by Crippen LogP contribution is -2.16.